The van der Waals surface area contributed by atoms with Crippen molar-refractivity contribution in [3.63, 3.8) is 0 Å². The fraction of sp³-hybridized carbons (Fsp3) is 0.214. The Balaban J connectivity index is 1.95. The van der Waals surface area contributed by atoms with Crippen molar-refractivity contribution in [2.75, 3.05) is 11.9 Å². The Hall–Kier alpha value is -2.67. The second-order valence-electron chi connectivity index (χ2n) is 4.75. The van der Waals surface area contributed by atoms with Crippen molar-refractivity contribution in [1.29, 1.82) is 0 Å². The van der Waals surface area contributed by atoms with E-state index in [1.807, 2.05) is 30.3 Å². The van der Waals surface area contributed by atoms with Crippen molar-refractivity contribution >= 4 is 11.5 Å². The van der Waals surface area contributed by atoms with Crippen LogP contribution in [-0.4, -0.2) is 26.1 Å². The van der Waals surface area contributed by atoms with Crippen LogP contribution < -0.4 is 16.7 Å². The van der Waals surface area contributed by atoms with Gasteiger partial charge in [0, 0.05) is 12.6 Å². The lowest BCUT2D eigenvalue weighted by Gasteiger charge is -2.18. The molecule has 0 fully saturated rings. The minimum atomic E-state index is -0.292. The Morgan fingerprint density at radius 3 is 2.86 bits per heavy atom. The van der Waals surface area contributed by atoms with E-state index in [0.29, 0.717) is 23.8 Å². The highest BCUT2D eigenvalue weighted by Gasteiger charge is 2.12. The van der Waals surface area contributed by atoms with Crippen molar-refractivity contribution in [3.05, 3.63) is 58.3 Å². The Labute approximate surface area is 120 Å². The fourth-order valence-corrected chi connectivity index (χ4v) is 2.31. The first-order valence-corrected chi connectivity index (χ1v) is 6.65. The molecular weight excluding hydrogens is 268 g/mol. The highest BCUT2D eigenvalue weighted by atomic mass is 16.1. The number of aromatic nitrogens is 4. The minimum Gasteiger partial charge on any atom is -0.362 e. The van der Waals surface area contributed by atoms with Crippen molar-refractivity contribution in [1.82, 2.24) is 19.6 Å². The highest BCUT2D eigenvalue weighted by molar-refractivity contribution is 5.50. The number of nitrogens with zero attached hydrogens (tertiary/aromatic N) is 3. The van der Waals surface area contributed by atoms with Gasteiger partial charge in [0.1, 0.15) is 11.6 Å². The molecule has 3 rings (SSSR count). The van der Waals surface area contributed by atoms with Gasteiger partial charge in [-0.05, 0) is 12.5 Å². The van der Waals surface area contributed by atoms with E-state index in [1.165, 1.54) is 4.40 Å². The monoisotopic (exact) mass is 284 g/mol. The number of nitrogens with one attached hydrogen (secondary N) is 2. The largest absolute Gasteiger partial charge is 0.362 e. The van der Waals surface area contributed by atoms with Gasteiger partial charge in [-0.2, -0.15) is 5.10 Å². The third-order valence-corrected chi connectivity index (χ3v) is 3.33. The first-order valence-electron chi connectivity index (χ1n) is 6.65. The first-order chi connectivity index (χ1) is 10.2. The van der Waals surface area contributed by atoms with Crippen molar-refractivity contribution in [3.8, 4) is 0 Å². The summed E-state index contributed by atoms with van der Waals surface area (Å²) in [5.74, 6) is 1.20. The van der Waals surface area contributed by atoms with Gasteiger partial charge in [0.15, 0.2) is 5.65 Å². The number of H-pyrrole nitrogens is 1. The second-order valence-corrected chi connectivity index (χ2v) is 4.75. The van der Waals surface area contributed by atoms with Gasteiger partial charge < -0.3 is 11.1 Å². The Kier molecular flexibility index (Phi) is 3.41. The van der Waals surface area contributed by atoms with Gasteiger partial charge in [0.2, 0.25) is 0 Å². The maximum atomic E-state index is 11.6. The molecule has 1 aromatic carbocycles. The topological polar surface area (TPSA) is 101 Å². The van der Waals surface area contributed by atoms with E-state index < -0.39 is 0 Å². The molecule has 21 heavy (non-hydrogen) atoms. The second kappa shape index (κ2) is 5.37. The number of hydrogen-bond acceptors (Lipinski definition) is 5. The smallest absolute Gasteiger partial charge is 0.349 e. The molecule has 108 valence electrons. The van der Waals surface area contributed by atoms with E-state index in [1.54, 1.807) is 13.0 Å². The van der Waals surface area contributed by atoms with Gasteiger partial charge >= 0.3 is 5.69 Å². The lowest BCUT2D eigenvalue weighted by molar-refractivity contribution is 0.780. The normalized spacial score (nSPS) is 12.5. The number of hydrogen-bond donors (Lipinski definition) is 3. The zero-order valence-corrected chi connectivity index (χ0v) is 11.6. The molecule has 3 aromatic rings. The number of rotatable bonds is 4. The average molecular weight is 284 g/mol. The molecule has 0 aliphatic rings. The van der Waals surface area contributed by atoms with E-state index in [0.717, 1.165) is 5.56 Å². The number of anilines is 1. The van der Waals surface area contributed by atoms with Crippen LogP contribution in [0.1, 0.15) is 17.4 Å². The van der Waals surface area contributed by atoms with Crippen LogP contribution in [0, 0.1) is 6.92 Å². The summed E-state index contributed by atoms with van der Waals surface area (Å²) in [6.45, 7) is 2.19. The summed E-state index contributed by atoms with van der Waals surface area (Å²) in [6.07, 6.45) is 0. The molecule has 0 aliphatic carbocycles. The summed E-state index contributed by atoms with van der Waals surface area (Å²) in [4.78, 5) is 16.0. The van der Waals surface area contributed by atoms with Crippen LogP contribution in [0.5, 0.6) is 0 Å². The van der Waals surface area contributed by atoms with Crippen LogP contribution in [0.15, 0.2) is 41.2 Å². The molecule has 7 nitrogen and oxygen atoms in total. The van der Waals surface area contributed by atoms with Crippen LogP contribution in [0.4, 0.5) is 5.82 Å². The van der Waals surface area contributed by atoms with Gasteiger partial charge in [0.25, 0.3) is 0 Å². The Bertz CT molecular complexity index is 807. The maximum absolute atomic E-state index is 11.6. The molecule has 1 atom stereocenters. The van der Waals surface area contributed by atoms with E-state index in [2.05, 4.69) is 20.5 Å². The third-order valence-electron chi connectivity index (χ3n) is 3.33. The van der Waals surface area contributed by atoms with Crippen LogP contribution in [0.25, 0.3) is 5.65 Å². The van der Waals surface area contributed by atoms with E-state index in [-0.39, 0.29) is 11.7 Å². The summed E-state index contributed by atoms with van der Waals surface area (Å²) in [7, 11) is 0. The van der Waals surface area contributed by atoms with Crippen LogP contribution >= 0.6 is 0 Å². The van der Waals surface area contributed by atoms with Crippen LogP contribution in [0.2, 0.25) is 0 Å². The average Bonchev–Trinajstić information content (AvgIpc) is 2.87. The third kappa shape index (κ3) is 2.50. The zero-order chi connectivity index (χ0) is 14.8. The number of benzene rings is 1. The molecular formula is C14H16N6O. The summed E-state index contributed by atoms with van der Waals surface area (Å²) in [5, 5.41) is 9.65. The molecule has 0 saturated heterocycles. The van der Waals surface area contributed by atoms with Gasteiger partial charge in [-0.25, -0.2) is 19.3 Å². The van der Waals surface area contributed by atoms with Crippen molar-refractivity contribution in [2.45, 2.75) is 13.0 Å². The van der Waals surface area contributed by atoms with E-state index >= 15 is 0 Å². The van der Waals surface area contributed by atoms with Crippen LogP contribution in [0.3, 0.4) is 0 Å². The molecule has 0 radical (unpaired) electrons. The van der Waals surface area contributed by atoms with E-state index in [4.69, 9.17) is 5.73 Å². The first kappa shape index (κ1) is 13.3. The highest BCUT2D eigenvalue weighted by Crippen LogP contribution is 2.18. The molecule has 4 N–H and O–H groups in total. The summed E-state index contributed by atoms with van der Waals surface area (Å²) in [6, 6.07) is 11.6. The quantitative estimate of drug-likeness (QED) is 0.659. The predicted molar refractivity (Wildman–Crippen MR) is 80.2 cm³/mol. The Morgan fingerprint density at radius 1 is 1.38 bits per heavy atom. The molecule has 1 unspecified atom stereocenters. The van der Waals surface area contributed by atoms with Gasteiger partial charge in [-0.1, -0.05) is 30.3 Å². The zero-order valence-electron chi connectivity index (χ0n) is 11.6. The molecule has 0 aliphatic heterocycles. The number of fused-ring (bicyclic) bond motifs is 1. The molecule has 2 heterocycles. The molecule has 7 heteroatoms. The standard InChI is InChI=1S/C14H16N6O/c1-9-16-12(7-13-18-19-14(21)20(9)13)17-11(8-15)10-5-3-2-4-6-10/h2-7,11,17H,8,15H2,1H3,(H,19,21). The predicted octanol–water partition coefficient (Wildman–Crippen LogP) is 0.838. The van der Waals surface area contributed by atoms with Crippen molar-refractivity contribution < 1.29 is 0 Å². The van der Waals surface area contributed by atoms with Crippen molar-refractivity contribution in [2.24, 2.45) is 5.73 Å². The maximum Gasteiger partial charge on any atom is 0.349 e. The molecule has 2 aromatic heterocycles. The lowest BCUT2D eigenvalue weighted by Crippen LogP contribution is -2.22. The minimum absolute atomic E-state index is 0.0498. The molecule has 0 amide bonds. The number of aromatic amines is 1. The summed E-state index contributed by atoms with van der Waals surface area (Å²) in [5.41, 5.74) is 7.16. The van der Waals surface area contributed by atoms with Gasteiger partial charge in [-0.3, -0.25) is 0 Å². The molecule has 0 spiro atoms. The van der Waals surface area contributed by atoms with Crippen LogP contribution in [-0.2, 0) is 0 Å². The summed E-state index contributed by atoms with van der Waals surface area (Å²) >= 11 is 0. The van der Waals surface area contributed by atoms with Gasteiger partial charge in [-0.15, -0.1) is 0 Å². The SMILES string of the molecule is Cc1nc(NC(CN)c2ccccc2)cc2n[nH]c(=O)n12. The number of nitrogens with two attached hydrogens (primary N) is 1. The molecule has 0 bridgehead atoms. The fourth-order valence-electron chi connectivity index (χ4n) is 2.31. The summed E-state index contributed by atoms with van der Waals surface area (Å²) < 4.78 is 1.42. The van der Waals surface area contributed by atoms with Gasteiger partial charge in [0.05, 0.1) is 6.04 Å². The Morgan fingerprint density at radius 2 is 2.14 bits per heavy atom. The number of aryl methyl sites for hydroxylation is 1. The lowest BCUT2D eigenvalue weighted by atomic mass is 10.1. The molecule has 0 saturated carbocycles. The van der Waals surface area contributed by atoms with E-state index in [9.17, 15) is 4.79 Å².